The maximum absolute atomic E-state index is 13.0. The molecule has 1 spiro atoms. The second kappa shape index (κ2) is 8.57. The minimum Gasteiger partial charge on any atom is -0.355 e. The summed E-state index contributed by atoms with van der Waals surface area (Å²) >= 11 is 0. The highest BCUT2D eigenvalue weighted by Crippen LogP contribution is 2.59. The van der Waals surface area contributed by atoms with Gasteiger partial charge in [0.2, 0.25) is 11.8 Å². The second-order valence-electron chi connectivity index (χ2n) is 9.86. The Balaban J connectivity index is 1.13. The van der Waals surface area contributed by atoms with Crippen LogP contribution in [0, 0.1) is 11.3 Å². The van der Waals surface area contributed by atoms with Gasteiger partial charge in [0.25, 0.3) is 0 Å². The zero-order valence-corrected chi connectivity index (χ0v) is 18.6. The van der Waals surface area contributed by atoms with Gasteiger partial charge < -0.3 is 15.2 Å². The van der Waals surface area contributed by atoms with Crippen LogP contribution in [0.25, 0.3) is 6.08 Å². The second-order valence-corrected chi connectivity index (χ2v) is 9.86. The van der Waals surface area contributed by atoms with Crippen molar-refractivity contribution in [3.8, 4) is 0 Å². The summed E-state index contributed by atoms with van der Waals surface area (Å²) in [5, 5.41) is 3.33. The van der Waals surface area contributed by atoms with Crippen LogP contribution in [0.15, 0.2) is 48.9 Å². The van der Waals surface area contributed by atoms with Crippen molar-refractivity contribution in [2.75, 3.05) is 19.6 Å². The largest absolute Gasteiger partial charge is 0.355 e. The molecule has 168 valence electrons. The molecule has 2 heterocycles. The van der Waals surface area contributed by atoms with Gasteiger partial charge in [-0.2, -0.15) is 0 Å². The van der Waals surface area contributed by atoms with Gasteiger partial charge in [-0.1, -0.05) is 43.2 Å². The average Bonchev–Trinajstić information content (AvgIpc) is 3.21. The molecule has 3 aliphatic rings. The van der Waals surface area contributed by atoms with Crippen LogP contribution in [-0.2, 0) is 15.0 Å². The van der Waals surface area contributed by atoms with E-state index in [1.807, 2.05) is 4.90 Å². The molecule has 1 aromatic heterocycles. The summed E-state index contributed by atoms with van der Waals surface area (Å²) in [6.45, 7) is 2.19. The number of amides is 2. The molecule has 3 fully saturated rings. The quantitative estimate of drug-likeness (QED) is 0.684. The van der Waals surface area contributed by atoms with E-state index in [9.17, 15) is 9.59 Å². The summed E-state index contributed by atoms with van der Waals surface area (Å²) in [6, 6.07) is 10.7. The van der Waals surface area contributed by atoms with Crippen LogP contribution >= 0.6 is 0 Å². The molecule has 0 unspecified atom stereocenters. The highest BCUT2D eigenvalue weighted by atomic mass is 16.2. The van der Waals surface area contributed by atoms with Crippen molar-refractivity contribution in [3.05, 3.63) is 60.2 Å². The molecule has 0 bridgehead atoms. The number of nitrogens with zero attached hydrogens (tertiary/aromatic N) is 2. The number of imidazole rings is 1. The molecule has 5 rings (SSSR count). The Morgan fingerprint density at radius 2 is 1.88 bits per heavy atom. The van der Waals surface area contributed by atoms with Crippen LogP contribution in [0.3, 0.4) is 0 Å². The number of likely N-dealkylation sites (tertiary alicyclic amines) is 1. The van der Waals surface area contributed by atoms with E-state index >= 15 is 0 Å². The third-order valence-electron chi connectivity index (χ3n) is 8.05. The molecule has 2 N–H and O–H groups in total. The lowest BCUT2D eigenvalue weighted by Gasteiger charge is -2.33. The Kier molecular flexibility index (Phi) is 5.62. The number of carbonyl (C=O) groups excluding carboxylic acids is 2. The fourth-order valence-electron chi connectivity index (χ4n) is 5.86. The molecular formula is C26H32N4O2. The molecule has 2 aliphatic carbocycles. The van der Waals surface area contributed by atoms with Crippen molar-refractivity contribution >= 4 is 17.9 Å². The van der Waals surface area contributed by atoms with Crippen molar-refractivity contribution in [2.24, 2.45) is 11.3 Å². The SMILES string of the molecule is O=C(NCC1(c2ccccc2)CCCC1)[C@@H]1CC12CCN(C(=O)/C=C/c1cnc[nH]1)CC2. The Morgan fingerprint density at radius 3 is 2.56 bits per heavy atom. The highest BCUT2D eigenvalue weighted by molar-refractivity contribution is 5.91. The van der Waals surface area contributed by atoms with Crippen LogP contribution in [0.2, 0.25) is 0 Å². The standard InChI is InChI=1S/C26H32N4O2/c31-23(9-8-21-17-27-19-29-21)30-14-12-25(13-15-30)16-22(25)24(32)28-18-26(10-4-5-11-26)20-6-2-1-3-7-20/h1-3,6-9,17,19,22H,4-5,10-16,18H2,(H,27,29)(H,28,32)/b9-8+/t22-/m0/s1. The van der Waals surface area contributed by atoms with Crippen molar-refractivity contribution in [1.29, 1.82) is 0 Å². The van der Waals surface area contributed by atoms with Gasteiger partial charge in [-0.15, -0.1) is 0 Å². The number of benzene rings is 1. The van der Waals surface area contributed by atoms with Crippen LogP contribution in [0.5, 0.6) is 0 Å². The van der Waals surface area contributed by atoms with Gasteiger partial charge in [0.05, 0.1) is 18.2 Å². The smallest absolute Gasteiger partial charge is 0.246 e. The number of H-pyrrole nitrogens is 1. The van der Waals surface area contributed by atoms with E-state index in [-0.39, 0.29) is 28.6 Å². The van der Waals surface area contributed by atoms with Gasteiger partial charge in [-0.05, 0) is 49.2 Å². The third-order valence-corrected chi connectivity index (χ3v) is 8.05. The van der Waals surface area contributed by atoms with Gasteiger partial charge in [-0.25, -0.2) is 4.98 Å². The molecule has 2 aromatic rings. The predicted octanol–water partition coefficient (Wildman–Crippen LogP) is 3.68. The first-order chi connectivity index (χ1) is 15.6. The first-order valence-corrected chi connectivity index (χ1v) is 11.9. The van der Waals surface area contributed by atoms with E-state index in [0.717, 1.165) is 57.4 Å². The molecule has 1 atom stereocenters. The van der Waals surface area contributed by atoms with Crippen molar-refractivity contribution < 1.29 is 9.59 Å². The van der Waals surface area contributed by atoms with E-state index in [4.69, 9.17) is 0 Å². The average molecular weight is 433 g/mol. The summed E-state index contributed by atoms with van der Waals surface area (Å²) in [7, 11) is 0. The number of hydrogen-bond donors (Lipinski definition) is 2. The van der Waals surface area contributed by atoms with Gasteiger partial charge in [0.1, 0.15) is 0 Å². The Hall–Kier alpha value is -2.89. The third kappa shape index (κ3) is 4.10. The lowest BCUT2D eigenvalue weighted by Crippen LogP contribution is -2.42. The molecule has 1 aromatic carbocycles. The van der Waals surface area contributed by atoms with Gasteiger partial charge in [0.15, 0.2) is 0 Å². The summed E-state index contributed by atoms with van der Waals surface area (Å²) < 4.78 is 0. The van der Waals surface area contributed by atoms with Crippen LogP contribution < -0.4 is 5.32 Å². The van der Waals surface area contributed by atoms with Crippen molar-refractivity contribution in [3.63, 3.8) is 0 Å². The van der Waals surface area contributed by atoms with E-state index in [1.165, 1.54) is 18.4 Å². The summed E-state index contributed by atoms with van der Waals surface area (Å²) in [4.78, 5) is 34.4. The van der Waals surface area contributed by atoms with Gasteiger partial charge in [0, 0.05) is 37.0 Å². The van der Waals surface area contributed by atoms with Crippen molar-refractivity contribution in [1.82, 2.24) is 20.2 Å². The Labute approximate surface area is 189 Å². The topological polar surface area (TPSA) is 78.1 Å². The molecule has 6 nitrogen and oxygen atoms in total. The fraction of sp³-hybridized carbons (Fsp3) is 0.500. The van der Waals surface area contributed by atoms with Crippen molar-refractivity contribution in [2.45, 2.75) is 50.4 Å². The van der Waals surface area contributed by atoms with E-state index in [0.29, 0.717) is 0 Å². The molecule has 6 heteroatoms. The first kappa shape index (κ1) is 21.0. The molecule has 1 aliphatic heterocycles. The number of piperidine rings is 1. The molecule has 2 amide bonds. The Morgan fingerprint density at radius 1 is 1.12 bits per heavy atom. The van der Waals surface area contributed by atoms with Gasteiger partial charge in [-0.3, -0.25) is 9.59 Å². The molecular weight excluding hydrogens is 400 g/mol. The number of rotatable bonds is 6. The van der Waals surface area contributed by atoms with E-state index in [2.05, 4.69) is 45.6 Å². The highest BCUT2D eigenvalue weighted by Gasteiger charge is 2.58. The summed E-state index contributed by atoms with van der Waals surface area (Å²) in [5.41, 5.74) is 2.37. The normalized spacial score (nSPS) is 23.5. The fourth-order valence-corrected chi connectivity index (χ4v) is 5.86. The lowest BCUT2D eigenvalue weighted by atomic mass is 9.78. The molecule has 32 heavy (non-hydrogen) atoms. The zero-order valence-electron chi connectivity index (χ0n) is 18.6. The summed E-state index contributed by atoms with van der Waals surface area (Å²) in [6.07, 6.45) is 14.2. The van der Waals surface area contributed by atoms with Crippen LogP contribution in [0.1, 0.15) is 56.2 Å². The van der Waals surface area contributed by atoms with Crippen LogP contribution in [0.4, 0.5) is 0 Å². The number of carbonyl (C=O) groups is 2. The molecule has 2 saturated carbocycles. The minimum absolute atomic E-state index is 0.0298. The first-order valence-electron chi connectivity index (χ1n) is 11.9. The number of nitrogens with one attached hydrogen (secondary N) is 2. The maximum atomic E-state index is 13.0. The maximum Gasteiger partial charge on any atom is 0.246 e. The molecule has 1 saturated heterocycles. The number of hydrogen-bond acceptors (Lipinski definition) is 3. The predicted molar refractivity (Wildman–Crippen MR) is 124 cm³/mol. The van der Waals surface area contributed by atoms with E-state index in [1.54, 1.807) is 24.7 Å². The van der Waals surface area contributed by atoms with E-state index < -0.39 is 0 Å². The lowest BCUT2D eigenvalue weighted by molar-refractivity contribution is -0.127. The Bertz CT molecular complexity index is 969. The molecule has 0 radical (unpaired) electrons. The van der Waals surface area contributed by atoms with Gasteiger partial charge >= 0.3 is 0 Å². The van der Waals surface area contributed by atoms with Crippen LogP contribution in [-0.4, -0.2) is 46.3 Å². The minimum atomic E-state index is 0.0298. The number of aromatic amines is 1. The monoisotopic (exact) mass is 432 g/mol. The summed E-state index contributed by atoms with van der Waals surface area (Å²) in [5.74, 6) is 0.350. The zero-order chi connectivity index (χ0) is 22.0. The number of aromatic nitrogens is 2.